The summed E-state index contributed by atoms with van der Waals surface area (Å²) in [7, 11) is 3.40. The van der Waals surface area contributed by atoms with Gasteiger partial charge in [-0.05, 0) is 26.1 Å². The number of hydrogen-bond acceptors (Lipinski definition) is 1. The van der Waals surface area contributed by atoms with Gasteiger partial charge in [0, 0.05) is 0 Å². The highest BCUT2D eigenvalue weighted by atomic mass is 28.3. The average Bonchev–Trinajstić information content (AvgIpc) is 1.60. The van der Waals surface area contributed by atoms with E-state index in [1.54, 1.807) is 0 Å². The summed E-state index contributed by atoms with van der Waals surface area (Å²) in [6.45, 7) is 9.45. The third-order valence-corrected chi connectivity index (χ3v) is 6.36. The van der Waals surface area contributed by atoms with Crippen LogP contribution in [0.2, 0.25) is 19.1 Å². The summed E-state index contributed by atoms with van der Waals surface area (Å²) in [6, 6.07) is 1.40. The molecular formula is C8H21NSi. The van der Waals surface area contributed by atoms with E-state index in [0.717, 1.165) is 5.92 Å². The number of nitrogens with zero attached hydrogens (tertiary/aromatic N) is 1. The van der Waals surface area contributed by atoms with Gasteiger partial charge in [0.2, 0.25) is 0 Å². The molecule has 0 fully saturated rings. The highest BCUT2D eigenvalue weighted by Gasteiger charge is 2.24. The third kappa shape index (κ3) is 3.37. The minimum atomic E-state index is -1.01. The Bertz CT molecular complexity index is 97.4. The smallest absolute Gasteiger partial charge is 0.121 e. The van der Waals surface area contributed by atoms with Gasteiger partial charge in [-0.15, -0.1) is 0 Å². The van der Waals surface area contributed by atoms with Gasteiger partial charge in [0.1, 0.15) is 8.24 Å². The van der Waals surface area contributed by atoms with Crippen LogP contribution in [0.15, 0.2) is 0 Å². The molecule has 0 bridgehead atoms. The molecule has 0 N–H and O–H groups in total. The SMILES string of the molecule is CC(C)C[Si](C)(C)N(C)C. The molecule has 0 amide bonds. The van der Waals surface area contributed by atoms with Crippen molar-refractivity contribution in [3.63, 3.8) is 0 Å². The van der Waals surface area contributed by atoms with Gasteiger partial charge in [-0.2, -0.15) is 0 Å². The van der Waals surface area contributed by atoms with Gasteiger partial charge in [0.15, 0.2) is 0 Å². The standard InChI is InChI=1S/C8H21NSi/c1-8(2)7-10(5,6)9(3)4/h8H,7H2,1-6H3. The lowest BCUT2D eigenvalue weighted by atomic mass is 10.3. The molecule has 0 aromatic carbocycles. The van der Waals surface area contributed by atoms with E-state index in [1.165, 1.54) is 6.04 Å². The van der Waals surface area contributed by atoms with Crippen LogP contribution in [-0.4, -0.2) is 26.9 Å². The Balaban J connectivity index is 3.87. The zero-order valence-corrected chi connectivity index (χ0v) is 9.23. The summed E-state index contributed by atoms with van der Waals surface area (Å²) in [5.74, 6) is 0.851. The Hall–Kier alpha value is 0.177. The summed E-state index contributed by atoms with van der Waals surface area (Å²) in [5, 5.41) is 0. The van der Waals surface area contributed by atoms with E-state index >= 15 is 0 Å². The lowest BCUT2D eigenvalue weighted by Gasteiger charge is -2.31. The molecule has 0 radical (unpaired) electrons. The molecule has 0 unspecified atom stereocenters. The van der Waals surface area contributed by atoms with Crippen LogP contribution in [0.5, 0.6) is 0 Å². The Morgan fingerprint density at radius 1 is 1.20 bits per heavy atom. The van der Waals surface area contributed by atoms with Crippen molar-refractivity contribution in [1.29, 1.82) is 0 Å². The van der Waals surface area contributed by atoms with Crippen molar-refractivity contribution in [2.45, 2.75) is 33.0 Å². The molecule has 0 rings (SSSR count). The van der Waals surface area contributed by atoms with Crippen LogP contribution in [0.3, 0.4) is 0 Å². The van der Waals surface area contributed by atoms with Crippen molar-refractivity contribution in [3.8, 4) is 0 Å². The summed E-state index contributed by atoms with van der Waals surface area (Å²) < 4.78 is 2.42. The van der Waals surface area contributed by atoms with E-state index in [1.807, 2.05) is 0 Å². The van der Waals surface area contributed by atoms with Crippen LogP contribution >= 0.6 is 0 Å². The van der Waals surface area contributed by atoms with E-state index in [4.69, 9.17) is 0 Å². The minimum absolute atomic E-state index is 0.851. The summed E-state index contributed by atoms with van der Waals surface area (Å²) in [5.41, 5.74) is 0. The molecule has 2 heteroatoms. The monoisotopic (exact) mass is 159 g/mol. The predicted octanol–water partition coefficient (Wildman–Crippen LogP) is 2.41. The van der Waals surface area contributed by atoms with Crippen LogP contribution in [0, 0.1) is 5.92 Å². The van der Waals surface area contributed by atoms with Gasteiger partial charge in [-0.3, -0.25) is 0 Å². The van der Waals surface area contributed by atoms with Crippen molar-refractivity contribution in [2.24, 2.45) is 5.92 Å². The van der Waals surface area contributed by atoms with Crippen molar-refractivity contribution in [2.75, 3.05) is 14.1 Å². The lowest BCUT2D eigenvalue weighted by molar-refractivity contribution is 0.588. The lowest BCUT2D eigenvalue weighted by Crippen LogP contribution is -2.44. The van der Waals surface area contributed by atoms with Crippen molar-refractivity contribution < 1.29 is 0 Å². The zero-order chi connectivity index (χ0) is 8.36. The summed E-state index contributed by atoms with van der Waals surface area (Å²) in [4.78, 5) is 0. The largest absolute Gasteiger partial charge is 0.329 e. The first-order valence-electron chi connectivity index (χ1n) is 4.03. The molecule has 0 aromatic rings. The molecule has 10 heavy (non-hydrogen) atoms. The summed E-state index contributed by atoms with van der Waals surface area (Å²) in [6.07, 6.45) is 0. The van der Waals surface area contributed by atoms with Gasteiger partial charge in [-0.1, -0.05) is 26.9 Å². The van der Waals surface area contributed by atoms with Gasteiger partial charge in [0.25, 0.3) is 0 Å². The zero-order valence-electron chi connectivity index (χ0n) is 8.23. The maximum absolute atomic E-state index is 2.42. The summed E-state index contributed by atoms with van der Waals surface area (Å²) >= 11 is 0. The first-order valence-corrected chi connectivity index (χ1v) is 7.19. The Morgan fingerprint density at radius 2 is 1.60 bits per heavy atom. The maximum Gasteiger partial charge on any atom is 0.121 e. The quantitative estimate of drug-likeness (QED) is 0.572. The second kappa shape index (κ2) is 3.53. The Morgan fingerprint density at radius 3 is 1.70 bits per heavy atom. The molecule has 0 heterocycles. The van der Waals surface area contributed by atoms with E-state index in [0.29, 0.717) is 0 Å². The van der Waals surface area contributed by atoms with Gasteiger partial charge in [0.05, 0.1) is 0 Å². The van der Waals surface area contributed by atoms with Crippen molar-refractivity contribution >= 4 is 8.24 Å². The third-order valence-electron chi connectivity index (χ3n) is 2.12. The van der Waals surface area contributed by atoms with Crippen molar-refractivity contribution in [3.05, 3.63) is 0 Å². The fourth-order valence-electron chi connectivity index (χ4n) is 1.18. The molecule has 0 aliphatic rings. The molecule has 0 atom stereocenters. The van der Waals surface area contributed by atoms with E-state index in [2.05, 4.69) is 45.6 Å². The number of hydrogen-bond donors (Lipinski definition) is 0. The normalized spacial score (nSPS) is 13.2. The van der Waals surface area contributed by atoms with Crippen LogP contribution in [0.25, 0.3) is 0 Å². The molecule has 0 saturated carbocycles. The molecular weight excluding hydrogens is 138 g/mol. The van der Waals surface area contributed by atoms with E-state index < -0.39 is 8.24 Å². The van der Waals surface area contributed by atoms with Gasteiger partial charge in [-0.25, -0.2) is 0 Å². The highest BCUT2D eigenvalue weighted by molar-refractivity contribution is 6.74. The first kappa shape index (κ1) is 10.2. The van der Waals surface area contributed by atoms with Crippen LogP contribution in [0.1, 0.15) is 13.8 Å². The highest BCUT2D eigenvalue weighted by Crippen LogP contribution is 2.17. The molecule has 0 aromatic heterocycles. The first-order chi connectivity index (χ1) is 4.36. The van der Waals surface area contributed by atoms with Gasteiger partial charge < -0.3 is 4.57 Å². The van der Waals surface area contributed by atoms with Crippen LogP contribution in [0.4, 0.5) is 0 Å². The van der Waals surface area contributed by atoms with Crippen LogP contribution in [-0.2, 0) is 0 Å². The molecule has 0 spiro atoms. The Labute approximate surface area is 66.5 Å². The maximum atomic E-state index is 2.42. The van der Waals surface area contributed by atoms with E-state index in [-0.39, 0.29) is 0 Å². The second-order valence-electron chi connectivity index (χ2n) is 4.30. The molecule has 0 aliphatic carbocycles. The molecule has 62 valence electrons. The van der Waals surface area contributed by atoms with Crippen molar-refractivity contribution in [1.82, 2.24) is 4.57 Å². The fourth-order valence-corrected chi connectivity index (χ4v) is 3.54. The van der Waals surface area contributed by atoms with Gasteiger partial charge >= 0.3 is 0 Å². The van der Waals surface area contributed by atoms with E-state index in [9.17, 15) is 0 Å². The minimum Gasteiger partial charge on any atom is -0.329 e. The van der Waals surface area contributed by atoms with Crippen LogP contribution < -0.4 is 0 Å². The average molecular weight is 159 g/mol. The predicted molar refractivity (Wildman–Crippen MR) is 50.8 cm³/mol. The molecule has 0 saturated heterocycles. The topological polar surface area (TPSA) is 3.24 Å². The number of rotatable bonds is 3. The molecule has 1 nitrogen and oxygen atoms in total. The second-order valence-corrected chi connectivity index (χ2v) is 9.23. The Kier molecular flexibility index (Phi) is 3.60. The fraction of sp³-hybridized carbons (Fsp3) is 1.00. The molecule has 0 aliphatic heterocycles.